The van der Waals surface area contributed by atoms with E-state index in [0.717, 1.165) is 4.90 Å². The van der Waals surface area contributed by atoms with Gasteiger partial charge in [0.15, 0.2) is 0 Å². The molecule has 1 aliphatic heterocycles. The van der Waals surface area contributed by atoms with E-state index in [1.165, 1.54) is 11.9 Å². The molecule has 1 rings (SSSR count). The summed E-state index contributed by atoms with van der Waals surface area (Å²) in [6.45, 7) is -1.46. The zero-order chi connectivity index (χ0) is 13.2. The maximum Gasteiger partial charge on any atom is 0.401 e. The topological polar surface area (TPSA) is 64.0 Å². The van der Waals surface area contributed by atoms with Gasteiger partial charge in [0.2, 0.25) is 0 Å². The largest absolute Gasteiger partial charge is 0.480 e. The molecule has 0 spiro atoms. The molecule has 1 aliphatic rings. The number of aliphatic hydroxyl groups excluding tert-OH is 1. The van der Waals surface area contributed by atoms with Crippen LogP contribution in [0, 0.1) is 0 Å². The molecule has 17 heavy (non-hydrogen) atoms. The second-order valence-corrected chi connectivity index (χ2v) is 4.25. The number of alkyl halides is 3. The fourth-order valence-corrected chi connectivity index (χ4v) is 1.99. The lowest BCUT2D eigenvalue weighted by molar-refractivity contribution is -0.145. The van der Waals surface area contributed by atoms with Crippen LogP contribution in [0.5, 0.6) is 0 Å². The monoisotopic (exact) mass is 256 g/mol. The number of aliphatic carboxylic acids is 1. The molecule has 2 atom stereocenters. The lowest BCUT2D eigenvalue weighted by Crippen LogP contribution is -2.43. The first-order chi connectivity index (χ1) is 7.69. The van der Waals surface area contributed by atoms with Gasteiger partial charge in [0.25, 0.3) is 0 Å². The number of carboxylic acids is 1. The van der Waals surface area contributed by atoms with E-state index in [1.54, 1.807) is 0 Å². The first-order valence-electron chi connectivity index (χ1n) is 5.08. The third-order valence-corrected chi connectivity index (χ3v) is 2.69. The molecule has 2 N–H and O–H groups in total. The predicted octanol–water partition coefficient (Wildman–Crippen LogP) is -0.390. The molecule has 1 heterocycles. The highest BCUT2D eigenvalue weighted by atomic mass is 19.4. The Balaban J connectivity index is 2.52. The third kappa shape index (κ3) is 4.49. The molecule has 1 saturated heterocycles. The molecule has 0 saturated carbocycles. The molecule has 0 aliphatic carbocycles. The van der Waals surface area contributed by atoms with E-state index in [2.05, 4.69) is 0 Å². The molecule has 1 fully saturated rings. The van der Waals surface area contributed by atoms with Crippen molar-refractivity contribution in [1.82, 2.24) is 9.80 Å². The van der Waals surface area contributed by atoms with Crippen LogP contribution in [-0.4, -0.2) is 77.5 Å². The molecular formula is C9H15F3N2O3. The molecule has 0 aromatic heterocycles. The van der Waals surface area contributed by atoms with Crippen molar-refractivity contribution in [2.75, 3.05) is 33.2 Å². The van der Waals surface area contributed by atoms with Gasteiger partial charge in [-0.25, -0.2) is 0 Å². The highest BCUT2D eigenvalue weighted by Crippen LogP contribution is 2.21. The van der Waals surface area contributed by atoms with Gasteiger partial charge in [0, 0.05) is 19.1 Å². The lowest BCUT2D eigenvalue weighted by Gasteiger charge is -2.24. The number of nitrogens with zero attached hydrogens (tertiary/aromatic N) is 2. The maximum atomic E-state index is 12.1. The normalized spacial score (nSPS) is 26.7. The van der Waals surface area contributed by atoms with Gasteiger partial charge in [0.1, 0.15) is 0 Å². The number of rotatable bonds is 4. The number of carboxylic acid groups (broad SMARTS) is 1. The molecule has 0 aromatic rings. The van der Waals surface area contributed by atoms with Gasteiger partial charge in [-0.15, -0.1) is 0 Å². The minimum Gasteiger partial charge on any atom is -0.480 e. The smallest absolute Gasteiger partial charge is 0.401 e. The Morgan fingerprint density at radius 2 is 2.06 bits per heavy atom. The molecule has 8 heteroatoms. The average Bonchev–Trinajstić information content (AvgIpc) is 2.41. The van der Waals surface area contributed by atoms with E-state index < -0.39 is 30.8 Å². The molecule has 100 valence electrons. The van der Waals surface area contributed by atoms with Gasteiger partial charge < -0.3 is 10.2 Å². The number of halogens is 3. The summed E-state index contributed by atoms with van der Waals surface area (Å²) < 4.78 is 36.4. The van der Waals surface area contributed by atoms with Crippen LogP contribution < -0.4 is 0 Å². The van der Waals surface area contributed by atoms with Gasteiger partial charge in [-0.3, -0.25) is 14.6 Å². The van der Waals surface area contributed by atoms with Gasteiger partial charge in [-0.05, 0) is 7.05 Å². The average molecular weight is 256 g/mol. The summed E-state index contributed by atoms with van der Waals surface area (Å²) in [4.78, 5) is 12.9. The van der Waals surface area contributed by atoms with Crippen LogP contribution in [0.4, 0.5) is 13.2 Å². The summed E-state index contributed by atoms with van der Waals surface area (Å²) in [5.41, 5.74) is 0. The van der Waals surface area contributed by atoms with E-state index in [0.29, 0.717) is 0 Å². The lowest BCUT2D eigenvalue weighted by atomic mass is 10.2. The number of hydrogen-bond acceptors (Lipinski definition) is 4. The minimum absolute atomic E-state index is 0.0183. The van der Waals surface area contributed by atoms with Gasteiger partial charge in [0.05, 0.1) is 19.2 Å². The second kappa shape index (κ2) is 5.19. The Morgan fingerprint density at radius 3 is 2.53 bits per heavy atom. The summed E-state index contributed by atoms with van der Waals surface area (Å²) in [6.07, 6.45) is -5.26. The summed E-state index contributed by atoms with van der Waals surface area (Å²) in [5, 5.41) is 18.2. The number of likely N-dealkylation sites (N-methyl/N-ethyl adjacent to an activating group) is 1. The van der Waals surface area contributed by atoms with Gasteiger partial charge in [-0.1, -0.05) is 0 Å². The Hall–Kier alpha value is -0.860. The summed E-state index contributed by atoms with van der Waals surface area (Å²) in [5.74, 6) is -1.08. The predicted molar refractivity (Wildman–Crippen MR) is 52.6 cm³/mol. The Bertz CT molecular complexity index is 285. The van der Waals surface area contributed by atoms with Gasteiger partial charge in [-0.2, -0.15) is 13.2 Å². The standard InChI is InChI=1S/C9H15F3N2O3/c1-13(4-8(16)17)6-2-14(3-7(6)15)5-9(10,11)12/h6-7,15H,2-5H2,1H3,(H,16,17)/t6-,7+/m0/s1. The number of β-amino-alcohol motifs (C(OH)–C–C–N with tert-alkyl or cyclic N) is 1. The van der Waals surface area contributed by atoms with E-state index in [9.17, 15) is 23.1 Å². The zero-order valence-corrected chi connectivity index (χ0v) is 9.31. The Morgan fingerprint density at radius 1 is 1.47 bits per heavy atom. The first-order valence-corrected chi connectivity index (χ1v) is 5.08. The van der Waals surface area contributed by atoms with Gasteiger partial charge >= 0.3 is 12.1 Å². The summed E-state index contributed by atoms with van der Waals surface area (Å²) >= 11 is 0. The molecule has 0 unspecified atom stereocenters. The van der Waals surface area contributed by atoms with Crippen molar-refractivity contribution in [3.63, 3.8) is 0 Å². The van der Waals surface area contributed by atoms with Crippen molar-refractivity contribution in [2.24, 2.45) is 0 Å². The van der Waals surface area contributed by atoms with Crippen molar-refractivity contribution < 1.29 is 28.2 Å². The van der Waals surface area contributed by atoms with Crippen LogP contribution >= 0.6 is 0 Å². The Labute approximate surface area is 96.4 Å². The fourth-order valence-electron chi connectivity index (χ4n) is 1.99. The Kier molecular flexibility index (Phi) is 4.34. The van der Waals surface area contributed by atoms with Crippen molar-refractivity contribution in [1.29, 1.82) is 0 Å². The third-order valence-electron chi connectivity index (χ3n) is 2.69. The van der Waals surface area contributed by atoms with Crippen LogP contribution in [0.1, 0.15) is 0 Å². The van der Waals surface area contributed by atoms with Crippen molar-refractivity contribution in [2.45, 2.75) is 18.3 Å². The van der Waals surface area contributed by atoms with E-state index in [-0.39, 0.29) is 19.6 Å². The summed E-state index contributed by atoms with van der Waals surface area (Å²) in [6, 6.07) is -0.576. The molecule has 0 aromatic carbocycles. The van der Waals surface area contributed by atoms with Crippen LogP contribution in [0.3, 0.4) is 0 Å². The van der Waals surface area contributed by atoms with Crippen LogP contribution in [0.2, 0.25) is 0 Å². The SMILES string of the molecule is CN(CC(=O)O)[C@H]1CN(CC(F)(F)F)C[C@H]1O. The minimum atomic E-state index is -4.31. The van der Waals surface area contributed by atoms with Crippen LogP contribution in [0.25, 0.3) is 0 Å². The molecule has 5 nitrogen and oxygen atoms in total. The summed E-state index contributed by atoms with van der Waals surface area (Å²) in [7, 11) is 1.47. The second-order valence-electron chi connectivity index (χ2n) is 4.25. The number of aliphatic hydroxyl groups is 1. The quantitative estimate of drug-likeness (QED) is 0.717. The fraction of sp³-hybridized carbons (Fsp3) is 0.889. The van der Waals surface area contributed by atoms with Crippen LogP contribution in [-0.2, 0) is 4.79 Å². The molecule has 0 amide bonds. The van der Waals surface area contributed by atoms with Crippen molar-refractivity contribution in [3.8, 4) is 0 Å². The number of hydrogen-bond donors (Lipinski definition) is 2. The highest BCUT2D eigenvalue weighted by molar-refractivity contribution is 5.69. The van der Waals surface area contributed by atoms with Crippen molar-refractivity contribution in [3.05, 3.63) is 0 Å². The van der Waals surface area contributed by atoms with E-state index in [1.807, 2.05) is 0 Å². The number of likely N-dealkylation sites (tertiary alicyclic amines) is 1. The van der Waals surface area contributed by atoms with Crippen molar-refractivity contribution >= 4 is 5.97 Å². The van der Waals surface area contributed by atoms with E-state index in [4.69, 9.17) is 5.11 Å². The zero-order valence-electron chi connectivity index (χ0n) is 9.31. The molecule has 0 bridgehead atoms. The molecular weight excluding hydrogens is 241 g/mol. The first kappa shape index (κ1) is 14.2. The highest BCUT2D eigenvalue weighted by Gasteiger charge is 2.39. The van der Waals surface area contributed by atoms with Crippen LogP contribution in [0.15, 0.2) is 0 Å². The maximum absolute atomic E-state index is 12.1. The number of carbonyl (C=O) groups is 1. The molecule has 0 radical (unpaired) electrons. The van der Waals surface area contributed by atoms with E-state index >= 15 is 0 Å².